The molecule has 9 nitrogen and oxygen atoms in total. The molecule has 28 heavy (non-hydrogen) atoms. The first kappa shape index (κ1) is 23.7. The van der Waals surface area contributed by atoms with Crippen LogP contribution in [0.2, 0.25) is 0 Å². The van der Waals surface area contributed by atoms with E-state index in [0.717, 1.165) is 0 Å². The summed E-state index contributed by atoms with van der Waals surface area (Å²) in [5.41, 5.74) is -4.05. The van der Waals surface area contributed by atoms with E-state index < -0.39 is 66.1 Å². The van der Waals surface area contributed by atoms with Crippen molar-refractivity contribution in [2.75, 3.05) is 6.61 Å². The number of aliphatic hydroxyl groups is 7. The van der Waals surface area contributed by atoms with Gasteiger partial charge in [-0.15, -0.1) is 0 Å². The SMILES string of the molecule is C[C@H](/C=C/[C@]1(O)C(C)(C)C[C@H](O)C[C@@]1(C)O)O[C@H]1O[C@@H](CO)[C@@H](O)[C@@H](O)[C@H]1O. The minimum Gasteiger partial charge on any atom is -0.394 e. The predicted octanol–water partition coefficient (Wildman–Crippen LogP) is -1.59. The average Bonchev–Trinajstić information content (AvgIpc) is 2.57. The molecule has 9 atom stereocenters. The van der Waals surface area contributed by atoms with Crippen LogP contribution in [-0.4, -0.2) is 96.5 Å². The van der Waals surface area contributed by atoms with E-state index in [4.69, 9.17) is 9.47 Å². The van der Waals surface area contributed by atoms with Crippen LogP contribution in [0.15, 0.2) is 12.2 Å². The van der Waals surface area contributed by atoms with Gasteiger partial charge in [0.05, 0.1) is 24.4 Å². The molecule has 0 aromatic heterocycles. The van der Waals surface area contributed by atoms with Gasteiger partial charge in [0.15, 0.2) is 6.29 Å². The fourth-order valence-corrected chi connectivity index (χ4v) is 4.28. The Balaban J connectivity index is 2.13. The van der Waals surface area contributed by atoms with Crippen molar-refractivity contribution in [2.45, 2.75) is 94.7 Å². The second kappa shape index (κ2) is 8.25. The molecule has 2 aliphatic rings. The minimum atomic E-state index is -1.65. The largest absolute Gasteiger partial charge is 0.394 e. The van der Waals surface area contributed by atoms with Crippen LogP contribution in [0.4, 0.5) is 0 Å². The van der Waals surface area contributed by atoms with Gasteiger partial charge in [-0.3, -0.25) is 0 Å². The summed E-state index contributed by atoms with van der Waals surface area (Å²) in [4.78, 5) is 0. The Morgan fingerprint density at radius 3 is 2.18 bits per heavy atom. The first-order chi connectivity index (χ1) is 12.8. The molecule has 1 saturated carbocycles. The monoisotopic (exact) mass is 406 g/mol. The van der Waals surface area contributed by atoms with Crippen molar-refractivity contribution >= 4 is 0 Å². The Morgan fingerprint density at radius 2 is 1.64 bits per heavy atom. The van der Waals surface area contributed by atoms with E-state index in [0.29, 0.717) is 6.42 Å². The molecule has 1 saturated heterocycles. The van der Waals surface area contributed by atoms with E-state index in [-0.39, 0.29) is 6.42 Å². The molecule has 0 aromatic rings. The summed E-state index contributed by atoms with van der Waals surface area (Å²) in [6.45, 7) is 6.01. The first-order valence-electron chi connectivity index (χ1n) is 9.54. The molecule has 9 heteroatoms. The topological polar surface area (TPSA) is 160 Å². The molecule has 0 radical (unpaired) electrons. The highest BCUT2D eigenvalue weighted by molar-refractivity contribution is 5.21. The zero-order valence-electron chi connectivity index (χ0n) is 16.8. The van der Waals surface area contributed by atoms with Crippen molar-refractivity contribution in [3.05, 3.63) is 12.2 Å². The maximum atomic E-state index is 11.2. The third-order valence-electron chi connectivity index (χ3n) is 6.04. The molecule has 1 heterocycles. The first-order valence-corrected chi connectivity index (χ1v) is 9.54. The Morgan fingerprint density at radius 1 is 1.04 bits per heavy atom. The fourth-order valence-electron chi connectivity index (χ4n) is 4.28. The molecule has 1 aliphatic heterocycles. The maximum absolute atomic E-state index is 11.2. The van der Waals surface area contributed by atoms with Crippen LogP contribution in [0.1, 0.15) is 40.5 Å². The molecular formula is C19H34O9. The van der Waals surface area contributed by atoms with Crippen LogP contribution >= 0.6 is 0 Å². The van der Waals surface area contributed by atoms with Gasteiger partial charge in [-0.2, -0.15) is 0 Å². The third kappa shape index (κ3) is 4.28. The van der Waals surface area contributed by atoms with E-state index in [1.807, 2.05) is 0 Å². The summed E-state index contributed by atoms with van der Waals surface area (Å²) in [5.74, 6) is 0. The van der Waals surface area contributed by atoms with Crippen molar-refractivity contribution in [1.29, 1.82) is 0 Å². The van der Waals surface area contributed by atoms with Gasteiger partial charge in [0.25, 0.3) is 0 Å². The molecule has 164 valence electrons. The quantitative estimate of drug-likeness (QED) is 0.267. The Kier molecular flexibility index (Phi) is 6.97. The smallest absolute Gasteiger partial charge is 0.187 e. The van der Waals surface area contributed by atoms with Gasteiger partial charge in [-0.05, 0) is 20.3 Å². The van der Waals surface area contributed by atoms with Crippen LogP contribution in [-0.2, 0) is 9.47 Å². The van der Waals surface area contributed by atoms with E-state index >= 15 is 0 Å². The highest BCUT2D eigenvalue weighted by atomic mass is 16.7. The maximum Gasteiger partial charge on any atom is 0.187 e. The van der Waals surface area contributed by atoms with Crippen molar-refractivity contribution in [2.24, 2.45) is 5.41 Å². The molecule has 1 aliphatic carbocycles. The fraction of sp³-hybridized carbons (Fsp3) is 0.895. The predicted molar refractivity (Wildman–Crippen MR) is 98.0 cm³/mol. The molecule has 0 amide bonds. The highest BCUT2D eigenvalue weighted by Gasteiger charge is 2.58. The van der Waals surface area contributed by atoms with E-state index in [1.54, 1.807) is 20.8 Å². The number of hydrogen-bond acceptors (Lipinski definition) is 9. The van der Waals surface area contributed by atoms with Gasteiger partial charge in [-0.1, -0.05) is 26.0 Å². The third-order valence-corrected chi connectivity index (χ3v) is 6.04. The van der Waals surface area contributed by atoms with E-state index in [9.17, 15) is 35.7 Å². The molecule has 0 aromatic carbocycles. The minimum absolute atomic E-state index is 0.0131. The summed E-state index contributed by atoms with van der Waals surface area (Å²) < 4.78 is 10.9. The van der Waals surface area contributed by atoms with Gasteiger partial charge < -0.3 is 45.2 Å². The van der Waals surface area contributed by atoms with Crippen molar-refractivity contribution < 1.29 is 45.2 Å². The van der Waals surface area contributed by atoms with Gasteiger partial charge in [0, 0.05) is 11.8 Å². The standard InChI is InChI=1S/C19H34O9/c1-10(27-16-15(24)14(23)13(22)12(9-20)28-16)5-6-19(26)17(2,3)7-11(21)8-18(19,4)25/h5-6,10-16,20-26H,7-9H2,1-4H3/b6-5+/t10-,11+,12+,13-,14-,15-,16+,18-,19+/m1/s1. The lowest BCUT2D eigenvalue weighted by Crippen LogP contribution is -2.65. The van der Waals surface area contributed by atoms with Crippen LogP contribution in [0, 0.1) is 5.41 Å². The Bertz CT molecular complexity index is 542. The van der Waals surface area contributed by atoms with Crippen molar-refractivity contribution in [3.63, 3.8) is 0 Å². The summed E-state index contributed by atoms with van der Waals surface area (Å²) in [6, 6.07) is 0. The molecular weight excluding hydrogens is 372 g/mol. The lowest BCUT2D eigenvalue weighted by atomic mass is 9.57. The molecule has 0 bridgehead atoms. The molecule has 2 fully saturated rings. The Labute approximate surface area is 164 Å². The van der Waals surface area contributed by atoms with Gasteiger partial charge >= 0.3 is 0 Å². The Hall–Kier alpha value is -0.620. The van der Waals surface area contributed by atoms with Crippen molar-refractivity contribution in [1.82, 2.24) is 0 Å². The second-order valence-corrected chi connectivity index (χ2v) is 8.88. The zero-order valence-corrected chi connectivity index (χ0v) is 16.8. The van der Waals surface area contributed by atoms with Crippen LogP contribution in [0.5, 0.6) is 0 Å². The van der Waals surface area contributed by atoms with Gasteiger partial charge in [0.1, 0.15) is 30.0 Å². The van der Waals surface area contributed by atoms with Crippen LogP contribution in [0.25, 0.3) is 0 Å². The normalized spacial score (nSPS) is 48.0. The van der Waals surface area contributed by atoms with Crippen molar-refractivity contribution in [3.8, 4) is 0 Å². The lowest BCUT2D eigenvalue weighted by molar-refractivity contribution is -0.306. The summed E-state index contributed by atoms with van der Waals surface area (Å²) in [7, 11) is 0. The van der Waals surface area contributed by atoms with Crippen LogP contribution < -0.4 is 0 Å². The van der Waals surface area contributed by atoms with E-state index in [1.165, 1.54) is 19.1 Å². The number of rotatable bonds is 5. The van der Waals surface area contributed by atoms with Gasteiger partial charge in [0.2, 0.25) is 0 Å². The molecule has 2 rings (SSSR count). The number of hydrogen-bond donors (Lipinski definition) is 7. The zero-order chi connectivity index (χ0) is 21.5. The average molecular weight is 406 g/mol. The summed E-state index contributed by atoms with van der Waals surface area (Å²) >= 11 is 0. The number of ether oxygens (including phenoxy) is 2. The number of aliphatic hydroxyl groups excluding tert-OH is 5. The molecule has 7 N–H and O–H groups in total. The highest BCUT2D eigenvalue weighted by Crippen LogP contribution is 2.50. The van der Waals surface area contributed by atoms with Gasteiger partial charge in [-0.25, -0.2) is 0 Å². The summed E-state index contributed by atoms with van der Waals surface area (Å²) in [5, 5.41) is 70.9. The lowest BCUT2D eigenvalue weighted by Gasteiger charge is -2.55. The van der Waals surface area contributed by atoms with E-state index in [2.05, 4.69) is 0 Å². The molecule has 0 spiro atoms. The second-order valence-electron chi connectivity index (χ2n) is 8.88. The summed E-state index contributed by atoms with van der Waals surface area (Å²) in [6.07, 6.45) is -5.14. The molecule has 0 unspecified atom stereocenters. The van der Waals surface area contributed by atoms with Crippen LogP contribution in [0.3, 0.4) is 0 Å².